The molecule has 0 radical (unpaired) electrons. The maximum absolute atomic E-state index is 13.1. The van der Waals surface area contributed by atoms with Gasteiger partial charge in [-0.15, -0.1) is 5.10 Å². The van der Waals surface area contributed by atoms with E-state index in [1.165, 1.54) is 17.3 Å². The van der Waals surface area contributed by atoms with Crippen molar-refractivity contribution >= 4 is 28.4 Å². The van der Waals surface area contributed by atoms with Crippen molar-refractivity contribution < 1.29 is 4.79 Å². The molecule has 4 aromatic rings. The van der Waals surface area contributed by atoms with Crippen LogP contribution in [-0.4, -0.2) is 36.2 Å². The highest BCUT2D eigenvalue weighted by molar-refractivity contribution is 8.00. The van der Waals surface area contributed by atoms with Crippen LogP contribution in [0.2, 0.25) is 0 Å². The Morgan fingerprint density at radius 1 is 1.11 bits per heavy atom. The number of rotatable bonds is 5. The molecule has 0 spiro atoms. The zero-order chi connectivity index (χ0) is 19.0. The summed E-state index contributed by atoms with van der Waals surface area (Å²) in [5, 5.41) is 13.2. The Hall–Kier alpha value is -2.93. The van der Waals surface area contributed by atoms with Crippen LogP contribution in [-0.2, 0) is 0 Å². The number of H-pyrrole nitrogens is 1. The molecule has 1 atom stereocenters. The topological polar surface area (TPSA) is 76.5 Å². The molecule has 7 heteroatoms. The number of hydrogen-bond donors (Lipinski definition) is 1. The molecule has 136 valence electrons. The second-order valence-electron chi connectivity index (χ2n) is 6.50. The first kappa shape index (κ1) is 17.5. The molecule has 0 saturated carbocycles. The second kappa shape index (κ2) is 7.00. The minimum absolute atomic E-state index is 0.0633. The Kier molecular flexibility index (Phi) is 4.53. The summed E-state index contributed by atoms with van der Waals surface area (Å²) < 4.78 is 1.66. The fourth-order valence-electron chi connectivity index (χ4n) is 3.11. The van der Waals surface area contributed by atoms with E-state index in [1.807, 2.05) is 69.3 Å². The number of hydrogen-bond acceptors (Lipinski definition) is 5. The molecule has 0 aliphatic heterocycles. The predicted molar refractivity (Wildman–Crippen MR) is 107 cm³/mol. The van der Waals surface area contributed by atoms with Crippen molar-refractivity contribution in [2.24, 2.45) is 0 Å². The minimum Gasteiger partial charge on any atom is -0.358 e. The molecule has 0 aliphatic rings. The lowest BCUT2D eigenvalue weighted by atomic mass is 10.1. The fourth-order valence-corrected chi connectivity index (χ4v) is 3.98. The monoisotopic (exact) mass is 377 g/mol. The number of aromatic nitrogens is 5. The standard InChI is InChI=1S/C20H19N5OS/c1-12-8-10-15(11-9-12)25-20(22-23-24-25)27-14(3)19(26)18-13(2)21-17-7-5-4-6-16(17)18/h4-11,14,21H,1-3H3/t14-/m1/s1. The van der Waals surface area contributed by atoms with Gasteiger partial charge in [0.15, 0.2) is 5.78 Å². The normalized spacial score (nSPS) is 12.4. The maximum atomic E-state index is 13.1. The number of nitrogens with zero attached hydrogens (tertiary/aromatic N) is 4. The van der Waals surface area contributed by atoms with Crippen molar-refractivity contribution in [1.82, 2.24) is 25.2 Å². The first-order chi connectivity index (χ1) is 13.0. The van der Waals surface area contributed by atoms with Crippen molar-refractivity contribution in [3.8, 4) is 5.69 Å². The van der Waals surface area contributed by atoms with Crippen LogP contribution in [0, 0.1) is 13.8 Å². The number of para-hydroxylation sites is 1. The molecular weight excluding hydrogens is 358 g/mol. The summed E-state index contributed by atoms with van der Waals surface area (Å²) in [5.74, 6) is 0.0633. The van der Waals surface area contributed by atoms with E-state index >= 15 is 0 Å². The average Bonchev–Trinajstić information content (AvgIpc) is 3.25. The van der Waals surface area contributed by atoms with Crippen LogP contribution < -0.4 is 0 Å². The lowest BCUT2D eigenvalue weighted by Crippen LogP contribution is -2.15. The fraction of sp³-hybridized carbons (Fsp3) is 0.200. The first-order valence-electron chi connectivity index (χ1n) is 8.68. The van der Waals surface area contributed by atoms with E-state index in [-0.39, 0.29) is 11.0 Å². The van der Waals surface area contributed by atoms with Gasteiger partial charge < -0.3 is 4.98 Å². The molecule has 27 heavy (non-hydrogen) atoms. The van der Waals surface area contributed by atoms with Crippen molar-refractivity contribution in [2.45, 2.75) is 31.2 Å². The lowest BCUT2D eigenvalue weighted by Gasteiger charge is -2.10. The summed E-state index contributed by atoms with van der Waals surface area (Å²) >= 11 is 1.36. The van der Waals surface area contributed by atoms with Gasteiger partial charge in [-0.2, -0.15) is 4.68 Å². The van der Waals surface area contributed by atoms with Gasteiger partial charge in [0.25, 0.3) is 0 Å². The van der Waals surface area contributed by atoms with Gasteiger partial charge in [-0.1, -0.05) is 47.7 Å². The van der Waals surface area contributed by atoms with E-state index in [2.05, 4.69) is 20.5 Å². The van der Waals surface area contributed by atoms with Crippen molar-refractivity contribution in [1.29, 1.82) is 0 Å². The highest BCUT2D eigenvalue weighted by Crippen LogP contribution is 2.29. The third-order valence-electron chi connectivity index (χ3n) is 4.51. The number of tetrazole rings is 1. The molecule has 0 bridgehead atoms. The molecule has 0 amide bonds. The van der Waals surface area contributed by atoms with E-state index in [1.54, 1.807) is 4.68 Å². The van der Waals surface area contributed by atoms with Gasteiger partial charge in [0, 0.05) is 22.2 Å². The number of Topliss-reactive ketones (excluding diaryl/α,β-unsaturated/α-hetero) is 1. The van der Waals surface area contributed by atoms with Crippen LogP contribution in [0.1, 0.15) is 28.5 Å². The zero-order valence-corrected chi connectivity index (χ0v) is 16.1. The van der Waals surface area contributed by atoms with Crippen LogP contribution in [0.15, 0.2) is 53.7 Å². The highest BCUT2D eigenvalue weighted by Gasteiger charge is 2.24. The van der Waals surface area contributed by atoms with Crippen LogP contribution in [0.4, 0.5) is 0 Å². The number of carbonyl (C=O) groups excluding carboxylic acids is 1. The Balaban J connectivity index is 1.62. The van der Waals surface area contributed by atoms with E-state index in [0.717, 1.165) is 27.8 Å². The van der Waals surface area contributed by atoms with Crippen LogP contribution in [0.3, 0.4) is 0 Å². The van der Waals surface area contributed by atoms with Crippen LogP contribution in [0.25, 0.3) is 16.6 Å². The molecule has 0 aliphatic carbocycles. The Labute approximate surface area is 161 Å². The SMILES string of the molecule is Cc1ccc(-n2nnnc2S[C@H](C)C(=O)c2c(C)[nH]c3ccccc23)cc1. The van der Waals surface area contributed by atoms with E-state index in [4.69, 9.17) is 0 Å². The molecule has 4 rings (SSSR count). The number of carbonyl (C=O) groups is 1. The maximum Gasteiger partial charge on any atom is 0.214 e. The molecule has 2 aromatic carbocycles. The number of nitrogens with one attached hydrogen (secondary N) is 1. The quantitative estimate of drug-likeness (QED) is 0.418. The molecule has 2 heterocycles. The highest BCUT2D eigenvalue weighted by atomic mass is 32.2. The Morgan fingerprint density at radius 2 is 1.85 bits per heavy atom. The molecular formula is C20H19N5OS. The lowest BCUT2D eigenvalue weighted by molar-refractivity contribution is 0.0995. The zero-order valence-electron chi connectivity index (χ0n) is 15.3. The summed E-state index contributed by atoms with van der Waals surface area (Å²) in [6.07, 6.45) is 0. The molecule has 0 saturated heterocycles. The number of aryl methyl sites for hydroxylation is 2. The summed E-state index contributed by atoms with van der Waals surface area (Å²) in [4.78, 5) is 16.4. The number of fused-ring (bicyclic) bond motifs is 1. The van der Waals surface area contributed by atoms with E-state index in [0.29, 0.717) is 5.16 Å². The number of aromatic amines is 1. The van der Waals surface area contributed by atoms with Crippen LogP contribution >= 0.6 is 11.8 Å². The van der Waals surface area contributed by atoms with Gasteiger partial charge in [0.2, 0.25) is 5.16 Å². The van der Waals surface area contributed by atoms with Crippen molar-refractivity contribution in [3.05, 3.63) is 65.4 Å². The summed E-state index contributed by atoms with van der Waals surface area (Å²) in [7, 11) is 0. The van der Waals surface area contributed by atoms with Gasteiger partial charge in [0.05, 0.1) is 10.9 Å². The van der Waals surface area contributed by atoms with Crippen LogP contribution in [0.5, 0.6) is 0 Å². The molecule has 1 N–H and O–H groups in total. The first-order valence-corrected chi connectivity index (χ1v) is 9.56. The molecule has 6 nitrogen and oxygen atoms in total. The van der Waals surface area contributed by atoms with Crippen molar-refractivity contribution in [3.63, 3.8) is 0 Å². The third-order valence-corrected chi connectivity index (χ3v) is 5.54. The molecule has 0 fully saturated rings. The minimum atomic E-state index is -0.321. The number of ketones is 1. The largest absolute Gasteiger partial charge is 0.358 e. The van der Waals surface area contributed by atoms with Gasteiger partial charge in [-0.3, -0.25) is 4.79 Å². The molecule has 0 unspecified atom stereocenters. The van der Waals surface area contributed by atoms with Gasteiger partial charge in [-0.05, 0) is 49.4 Å². The average molecular weight is 377 g/mol. The van der Waals surface area contributed by atoms with Gasteiger partial charge >= 0.3 is 0 Å². The van der Waals surface area contributed by atoms with E-state index in [9.17, 15) is 4.79 Å². The van der Waals surface area contributed by atoms with Gasteiger partial charge in [0.1, 0.15) is 0 Å². The number of benzene rings is 2. The molecule has 2 aromatic heterocycles. The Morgan fingerprint density at radius 3 is 2.63 bits per heavy atom. The summed E-state index contributed by atoms with van der Waals surface area (Å²) in [6.45, 7) is 5.85. The second-order valence-corrected chi connectivity index (χ2v) is 7.81. The van der Waals surface area contributed by atoms with Gasteiger partial charge in [-0.25, -0.2) is 0 Å². The predicted octanol–water partition coefficient (Wildman–Crippen LogP) is 4.12. The summed E-state index contributed by atoms with van der Waals surface area (Å²) in [6, 6.07) is 15.8. The summed E-state index contributed by atoms with van der Waals surface area (Å²) in [5.41, 5.74) is 4.63. The smallest absolute Gasteiger partial charge is 0.214 e. The number of thioether (sulfide) groups is 1. The third kappa shape index (κ3) is 3.26. The van der Waals surface area contributed by atoms with E-state index < -0.39 is 0 Å². The Bertz CT molecular complexity index is 1110. The van der Waals surface area contributed by atoms with Crippen molar-refractivity contribution in [2.75, 3.05) is 0 Å².